The predicted molar refractivity (Wildman–Crippen MR) is 90.8 cm³/mol. The van der Waals surface area contributed by atoms with Gasteiger partial charge in [0.2, 0.25) is 0 Å². The number of hydrogen-bond donors (Lipinski definition) is 2. The van der Waals surface area contributed by atoms with Gasteiger partial charge in [0.15, 0.2) is 0 Å². The van der Waals surface area contributed by atoms with Crippen molar-refractivity contribution in [1.29, 1.82) is 0 Å². The lowest BCUT2D eigenvalue weighted by atomic mass is 10.1. The SMILES string of the molecule is O=C(Nc1ccc(N2CCOCC2)c(C(=O)O)c1)c1ccc(F)cc1. The summed E-state index contributed by atoms with van der Waals surface area (Å²) in [5.41, 5.74) is 1.36. The van der Waals surface area contributed by atoms with Crippen LogP contribution in [0.3, 0.4) is 0 Å². The lowest BCUT2D eigenvalue weighted by molar-refractivity contribution is 0.0696. The molecule has 0 aliphatic carbocycles. The van der Waals surface area contributed by atoms with E-state index in [-0.39, 0.29) is 11.1 Å². The second-order valence-electron chi connectivity index (χ2n) is 5.60. The minimum absolute atomic E-state index is 0.110. The van der Waals surface area contributed by atoms with Crippen LogP contribution in [0.2, 0.25) is 0 Å². The molecule has 0 bridgehead atoms. The Labute approximate surface area is 143 Å². The van der Waals surface area contributed by atoms with E-state index < -0.39 is 17.7 Å². The maximum Gasteiger partial charge on any atom is 0.337 e. The summed E-state index contributed by atoms with van der Waals surface area (Å²) in [6, 6.07) is 9.87. The van der Waals surface area contributed by atoms with Gasteiger partial charge in [0.25, 0.3) is 5.91 Å². The molecule has 25 heavy (non-hydrogen) atoms. The topological polar surface area (TPSA) is 78.9 Å². The van der Waals surface area contributed by atoms with E-state index in [2.05, 4.69) is 5.32 Å². The molecule has 0 aromatic heterocycles. The Kier molecular flexibility index (Phi) is 4.95. The molecule has 1 saturated heterocycles. The van der Waals surface area contributed by atoms with Crippen LogP contribution in [0.25, 0.3) is 0 Å². The number of rotatable bonds is 4. The molecule has 1 fully saturated rings. The maximum absolute atomic E-state index is 12.9. The number of carboxylic acids is 1. The molecular weight excluding hydrogens is 327 g/mol. The molecule has 2 aromatic rings. The number of amides is 1. The lowest BCUT2D eigenvalue weighted by Crippen LogP contribution is -2.37. The number of halogens is 1. The highest BCUT2D eigenvalue weighted by Gasteiger charge is 2.19. The molecule has 1 heterocycles. The molecule has 130 valence electrons. The Hall–Kier alpha value is -2.93. The third-order valence-electron chi connectivity index (χ3n) is 3.94. The molecule has 1 aliphatic heterocycles. The average Bonchev–Trinajstić information content (AvgIpc) is 2.63. The molecule has 0 unspecified atom stereocenters. The van der Waals surface area contributed by atoms with Gasteiger partial charge in [-0.2, -0.15) is 0 Å². The number of aromatic carboxylic acids is 1. The van der Waals surface area contributed by atoms with E-state index in [1.54, 1.807) is 12.1 Å². The smallest absolute Gasteiger partial charge is 0.337 e. The van der Waals surface area contributed by atoms with E-state index in [0.29, 0.717) is 37.7 Å². The van der Waals surface area contributed by atoms with E-state index in [0.717, 1.165) is 0 Å². The molecule has 2 aromatic carbocycles. The first-order chi connectivity index (χ1) is 12.0. The molecule has 3 rings (SSSR count). The number of benzene rings is 2. The molecule has 1 aliphatic rings. The van der Waals surface area contributed by atoms with Crippen LogP contribution in [0.1, 0.15) is 20.7 Å². The van der Waals surface area contributed by atoms with Gasteiger partial charge in [0.05, 0.1) is 24.5 Å². The normalized spacial score (nSPS) is 14.2. The summed E-state index contributed by atoms with van der Waals surface area (Å²) >= 11 is 0. The molecule has 0 saturated carbocycles. The Bertz CT molecular complexity index is 786. The van der Waals surface area contributed by atoms with Crippen LogP contribution in [-0.4, -0.2) is 43.3 Å². The number of carboxylic acid groups (broad SMARTS) is 1. The van der Waals surface area contributed by atoms with Crippen molar-refractivity contribution in [1.82, 2.24) is 0 Å². The molecule has 6 nitrogen and oxygen atoms in total. The fourth-order valence-corrected chi connectivity index (χ4v) is 2.67. The Morgan fingerprint density at radius 2 is 1.76 bits per heavy atom. The van der Waals surface area contributed by atoms with Crippen LogP contribution in [-0.2, 0) is 4.74 Å². The van der Waals surface area contributed by atoms with Gasteiger partial charge in [-0.25, -0.2) is 9.18 Å². The summed E-state index contributed by atoms with van der Waals surface area (Å²) in [6.07, 6.45) is 0. The fourth-order valence-electron chi connectivity index (χ4n) is 2.67. The van der Waals surface area contributed by atoms with Gasteiger partial charge in [-0.05, 0) is 42.5 Å². The third-order valence-corrected chi connectivity index (χ3v) is 3.94. The largest absolute Gasteiger partial charge is 0.478 e. The minimum atomic E-state index is -1.07. The van der Waals surface area contributed by atoms with Crippen molar-refractivity contribution in [2.75, 3.05) is 36.5 Å². The fraction of sp³-hybridized carbons (Fsp3) is 0.222. The lowest BCUT2D eigenvalue weighted by Gasteiger charge is -2.30. The molecule has 1 amide bonds. The number of hydrogen-bond acceptors (Lipinski definition) is 4. The Morgan fingerprint density at radius 3 is 2.40 bits per heavy atom. The first-order valence-corrected chi connectivity index (χ1v) is 7.81. The molecule has 7 heteroatoms. The summed E-state index contributed by atoms with van der Waals surface area (Å²) in [5, 5.41) is 12.1. The highest BCUT2D eigenvalue weighted by atomic mass is 19.1. The number of carbonyl (C=O) groups is 2. The zero-order valence-electron chi connectivity index (χ0n) is 13.4. The van der Waals surface area contributed by atoms with Gasteiger partial charge in [0.1, 0.15) is 5.82 Å². The highest BCUT2D eigenvalue weighted by Crippen LogP contribution is 2.25. The molecular formula is C18H17FN2O4. The first kappa shape index (κ1) is 16.9. The number of carbonyl (C=O) groups excluding carboxylic acids is 1. The average molecular weight is 344 g/mol. The van der Waals surface area contributed by atoms with E-state index >= 15 is 0 Å². The molecule has 0 spiro atoms. The summed E-state index contributed by atoms with van der Waals surface area (Å²) in [5.74, 6) is -1.94. The summed E-state index contributed by atoms with van der Waals surface area (Å²) in [6.45, 7) is 2.31. The van der Waals surface area contributed by atoms with Gasteiger partial charge in [-0.3, -0.25) is 4.79 Å². The zero-order valence-corrected chi connectivity index (χ0v) is 13.4. The van der Waals surface area contributed by atoms with Gasteiger partial charge in [-0.1, -0.05) is 0 Å². The quantitative estimate of drug-likeness (QED) is 0.891. The zero-order chi connectivity index (χ0) is 17.8. The van der Waals surface area contributed by atoms with Crippen LogP contribution >= 0.6 is 0 Å². The third kappa shape index (κ3) is 3.95. The Balaban J connectivity index is 1.82. The van der Waals surface area contributed by atoms with Gasteiger partial charge in [-0.15, -0.1) is 0 Å². The van der Waals surface area contributed by atoms with Crippen LogP contribution in [0.5, 0.6) is 0 Å². The van der Waals surface area contributed by atoms with Gasteiger partial charge >= 0.3 is 5.97 Å². The van der Waals surface area contributed by atoms with Crippen molar-refractivity contribution < 1.29 is 23.8 Å². The van der Waals surface area contributed by atoms with Crippen molar-refractivity contribution in [3.8, 4) is 0 Å². The van der Waals surface area contributed by atoms with Crippen LogP contribution < -0.4 is 10.2 Å². The minimum Gasteiger partial charge on any atom is -0.478 e. The van der Waals surface area contributed by atoms with E-state index in [9.17, 15) is 19.1 Å². The molecule has 0 radical (unpaired) electrons. The van der Waals surface area contributed by atoms with Gasteiger partial charge in [0, 0.05) is 24.3 Å². The van der Waals surface area contributed by atoms with Crippen molar-refractivity contribution in [2.24, 2.45) is 0 Å². The van der Waals surface area contributed by atoms with Gasteiger partial charge < -0.3 is 20.1 Å². The van der Waals surface area contributed by atoms with E-state index in [1.165, 1.54) is 30.3 Å². The van der Waals surface area contributed by atoms with Crippen molar-refractivity contribution >= 4 is 23.3 Å². The first-order valence-electron chi connectivity index (χ1n) is 7.81. The van der Waals surface area contributed by atoms with Crippen LogP contribution in [0.15, 0.2) is 42.5 Å². The number of morpholine rings is 1. The van der Waals surface area contributed by atoms with Crippen LogP contribution in [0.4, 0.5) is 15.8 Å². The standard InChI is InChI=1S/C18H17FN2O4/c19-13-3-1-12(2-4-13)17(22)20-14-5-6-16(15(11-14)18(23)24)21-7-9-25-10-8-21/h1-6,11H,7-10H2,(H,20,22)(H,23,24). The second-order valence-corrected chi connectivity index (χ2v) is 5.60. The summed E-state index contributed by atoms with van der Waals surface area (Å²) < 4.78 is 18.2. The van der Waals surface area contributed by atoms with Crippen molar-refractivity contribution in [3.05, 3.63) is 59.4 Å². The highest BCUT2D eigenvalue weighted by molar-refractivity contribution is 6.05. The Morgan fingerprint density at radius 1 is 1.08 bits per heavy atom. The van der Waals surface area contributed by atoms with Crippen molar-refractivity contribution in [2.45, 2.75) is 0 Å². The number of ether oxygens (including phenoxy) is 1. The monoisotopic (exact) mass is 344 g/mol. The number of anilines is 2. The summed E-state index contributed by atoms with van der Waals surface area (Å²) in [7, 11) is 0. The maximum atomic E-state index is 12.9. The molecule has 2 N–H and O–H groups in total. The van der Waals surface area contributed by atoms with E-state index in [4.69, 9.17) is 4.74 Å². The molecule has 0 atom stereocenters. The van der Waals surface area contributed by atoms with Crippen LogP contribution in [0, 0.1) is 5.82 Å². The number of nitrogens with zero attached hydrogens (tertiary/aromatic N) is 1. The van der Waals surface area contributed by atoms with Crippen molar-refractivity contribution in [3.63, 3.8) is 0 Å². The predicted octanol–water partition coefficient (Wildman–Crippen LogP) is 2.61. The van der Waals surface area contributed by atoms with E-state index in [1.807, 2.05) is 4.90 Å². The second kappa shape index (κ2) is 7.31. The summed E-state index contributed by atoms with van der Waals surface area (Å²) in [4.78, 5) is 25.7. The number of nitrogens with one attached hydrogen (secondary N) is 1.